The van der Waals surface area contributed by atoms with Crippen molar-refractivity contribution in [1.82, 2.24) is 0 Å². The van der Waals surface area contributed by atoms with E-state index in [1.807, 2.05) is 23.1 Å². The summed E-state index contributed by atoms with van der Waals surface area (Å²) in [6, 6.07) is 19.7. The number of thioether (sulfide) groups is 1. The number of aryl methyl sites for hydroxylation is 1. The van der Waals surface area contributed by atoms with Crippen molar-refractivity contribution in [2.45, 2.75) is 75.2 Å². The van der Waals surface area contributed by atoms with Gasteiger partial charge in [-0.1, -0.05) is 111 Å². The Labute approximate surface area is 238 Å². The second-order valence-electron chi connectivity index (χ2n) is 9.74. The molecule has 1 aromatic heterocycles. The molecule has 1 heterocycles. The van der Waals surface area contributed by atoms with Gasteiger partial charge in [0.2, 0.25) is 0 Å². The predicted molar refractivity (Wildman–Crippen MR) is 170 cm³/mol. The van der Waals surface area contributed by atoms with Gasteiger partial charge in [-0.3, -0.25) is 0 Å². The molecule has 1 aliphatic rings. The van der Waals surface area contributed by atoms with E-state index in [-0.39, 0.29) is 0 Å². The standard InChI is InChI=1S/C32H37NS2.C2H5N/c1-4-6-7-9-12-24(5-2)19-30-28-20-27(26-17-15-23(3)16-18-26)21-29(33)31(28)32(35-30)34-22-25-13-10-8-11-14-25;1-2-3/h7-18,27,33H,4-6,19-22H2,1-3H3;2H,1,3H2/b9-7+,24-12+,33-29?;. The molecular weight excluding hydrogens is 501 g/mol. The van der Waals surface area contributed by atoms with Crippen molar-refractivity contribution < 1.29 is 0 Å². The van der Waals surface area contributed by atoms with Crippen molar-refractivity contribution >= 4 is 28.8 Å². The zero-order valence-corrected chi connectivity index (χ0v) is 24.8. The number of nitrogens with two attached hydrogens (primary N) is 1. The second-order valence-corrected chi connectivity index (χ2v) is 12.1. The smallest absolute Gasteiger partial charge is 0.0698 e. The van der Waals surface area contributed by atoms with Crippen LogP contribution in [-0.4, -0.2) is 5.71 Å². The molecule has 0 saturated carbocycles. The van der Waals surface area contributed by atoms with Gasteiger partial charge < -0.3 is 11.1 Å². The van der Waals surface area contributed by atoms with E-state index >= 15 is 0 Å². The molecule has 1 aliphatic carbocycles. The first-order valence-corrected chi connectivity index (χ1v) is 15.4. The van der Waals surface area contributed by atoms with Gasteiger partial charge in [0.25, 0.3) is 0 Å². The van der Waals surface area contributed by atoms with Crippen LogP contribution in [0.25, 0.3) is 0 Å². The highest BCUT2D eigenvalue weighted by Crippen LogP contribution is 2.45. The maximum absolute atomic E-state index is 9.08. The molecule has 3 aromatic rings. The van der Waals surface area contributed by atoms with E-state index in [1.165, 1.54) is 55.1 Å². The lowest BCUT2D eigenvalue weighted by molar-refractivity contribution is 0.690. The minimum Gasteiger partial charge on any atom is -0.405 e. The lowest BCUT2D eigenvalue weighted by atomic mass is 9.79. The summed E-state index contributed by atoms with van der Waals surface area (Å²) in [4.78, 5) is 1.47. The van der Waals surface area contributed by atoms with E-state index in [0.717, 1.165) is 43.6 Å². The van der Waals surface area contributed by atoms with Gasteiger partial charge >= 0.3 is 0 Å². The maximum atomic E-state index is 9.08. The van der Waals surface area contributed by atoms with Crippen molar-refractivity contribution in [1.29, 1.82) is 5.41 Å². The third kappa shape index (κ3) is 8.34. The second kappa shape index (κ2) is 15.6. The van der Waals surface area contributed by atoms with E-state index in [9.17, 15) is 0 Å². The van der Waals surface area contributed by atoms with Crippen LogP contribution in [0.1, 0.15) is 78.1 Å². The molecule has 4 heteroatoms. The lowest BCUT2D eigenvalue weighted by Gasteiger charge is -2.25. The Bertz CT molecular complexity index is 1230. The molecule has 1 atom stereocenters. The summed E-state index contributed by atoms with van der Waals surface area (Å²) >= 11 is 3.86. The number of fused-ring (bicyclic) bond motifs is 1. The number of benzene rings is 2. The Morgan fingerprint density at radius 3 is 2.47 bits per heavy atom. The van der Waals surface area contributed by atoms with E-state index in [1.54, 1.807) is 0 Å². The average Bonchev–Trinajstić information content (AvgIpc) is 3.28. The molecule has 0 saturated heterocycles. The van der Waals surface area contributed by atoms with Crippen molar-refractivity contribution in [2.24, 2.45) is 5.73 Å². The summed E-state index contributed by atoms with van der Waals surface area (Å²) in [5, 5.41) is 9.08. The maximum Gasteiger partial charge on any atom is 0.0698 e. The zero-order valence-electron chi connectivity index (χ0n) is 23.1. The Hall–Kier alpha value is -2.82. The first-order valence-electron chi connectivity index (χ1n) is 13.6. The minimum atomic E-state index is 0.398. The number of nitrogens with one attached hydrogen (secondary N) is 1. The monoisotopic (exact) mass is 542 g/mol. The van der Waals surface area contributed by atoms with E-state index in [4.69, 9.17) is 5.41 Å². The summed E-state index contributed by atoms with van der Waals surface area (Å²) in [5.74, 6) is 1.35. The highest BCUT2D eigenvalue weighted by Gasteiger charge is 2.30. The van der Waals surface area contributed by atoms with Crippen LogP contribution >= 0.6 is 23.1 Å². The molecule has 0 aliphatic heterocycles. The molecule has 4 rings (SSSR count). The molecule has 3 N–H and O–H groups in total. The Balaban J connectivity index is 0.00000127. The Morgan fingerprint density at radius 1 is 1.11 bits per heavy atom. The number of allylic oxidation sites excluding steroid dienone is 4. The third-order valence-electron chi connectivity index (χ3n) is 6.79. The van der Waals surface area contributed by atoms with Crippen LogP contribution in [0, 0.1) is 12.3 Å². The van der Waals surface area contributed by atoms with Crippen LogP contribution in [0.15, 0.2) is 95.4 Å². The van der Waals surface area contributed by atoms with Crippen LogP contribution in [0.2, 0.25) is 0 Å². The molecule has 1 unspecified atom stereocenters. The van der Waals surface area contributed by atoms with Gasteiger partial charge in [0, 0.05) is 28.3 Å². The van der Waals surface area contributed by atoms with Gasteiger partial charge in [0.05, 0.1) is 4.21 Å². The summed E-state index contributed by atoms with van der Waals surface area (Å²) in [6.07, 6.45) is 14.4. The first kappa shape index (κ1) is 29.7. The molecular formula is C34H42N2S2. The van der Waals surface area contributed by atoms with Gasteiger partial charge in [0.1, 0.15) is 0 Å². The third-order valence-corrected chi connectivity index (χ3v) is 9.36. The number of thiophene rings is 1. The fourth-order valence-electron chi connectivity index (χ4n) is 4.69. The van der Waals surface area contributed by atoms with Crippen molar-refractivity contribution in [3.05, 3.63) is 124 Å². The first-order chi connectivity index (χ1) is 18.5. The van der Waals surface area contributed by atoms with Crippen LogP contribution in [0.5, 0.6) is 0 Å². The number of hydrogen-bond acceptors (Lipinski definition) is 4. The van der Waals surface area contributed by atoms with Gasteiger partial charge in [-0.15, -0.1) is 23.1 Å². The molecule has 2 aromatic carbocycles. The largest absolute Gasteiger partial charge is 0.405 e. The summed E-state index contributed by atoms with van der Waals surface area (Å²) in [5.41, 5.74) is 13.6. The number of rotatable bonds is 10. The number of unbranched alkanes of at least 4 members (excludes halogenated alkanes) is 1. The number of hydrogen-bond donors (Lipinski definition) is 2. The van der Waals surface area contributed by atoms with Gasteiger partial charge in [0.15, 0.2) is 0 Å². The SMILES string of the molecule is C=CN.CCC/C=C/C=C(\CC)Cc1sc(SCc2ccccc2)c2c1CC(c1ccc(C)cc1)CC2=N. The van der Waals surface area contributed by atoms with Gasteiger partial charge in [-0.05, 0) is 61.4 Å². The zero-order chi connectivity index (χ0) is 27.3. The molecule has 200 valence electrons. The van der Waals surface area contributed by atoms with Gasteiger partial charge in [-0.25, -0.2) is 0 Å². The normalized spacial score (nSPS) is 15.2. The predicted octanol–water partition coefficient (Wildman–Crippen LogP) is 9.77. The Kier molecular flexibility index (Phi) is 12.2. The summed E-state index contributed by atoms with van der Waals surface area (Å²) in [6.45, 7) is 9.77. The molecule has 0 bridgehead atoms. The molecule has 38 heavy (non-hydrogen) atoms. The van der Waals surface area contributed by atoms with E-state index in [2.05, 4.69) is 106 Å². The molecule has 0 spiro atoms. The highest BCUT2D eigenvalue weighted by molar-refractivity contribution is 8.00. The topological polar surface area (TPSA) is 49.9 Å². The van der Waals surface area contributed by atoms with Crippen LogP contribution < -0.4 is 5.73 Å². The molecule has 0 radical (unpaired) electrons. The van der Waals surface area contributed by atoms with Gasteiger partial charge in [-0.2, -0.15) is 0 Å². The van der Waals surface area contributed by atoms with Crippen molar-refractivity contribution in [2.75, 3.05) is 0 Å². The summed E-state index contributed by atoms with van der Waals surface area (Å²) in [7, 11) is 0. The van der Waals surface area contributed by atoms with Crippen LogP contribution in [0.3, 0.4) is 0 Å². The Morgan fingerprint density at radius 2 is 1.82 bits per heavy atom. The lowest BCUT2D eigenvalue weighted by Crippen LogP contribution is -2.19. The van der Waals surface area contributed by atoms with Crippen LogP contribution in [0.4, 0.5) is 0 Å². The summed E-state index contributed by atoms with van der Waals surface area (Å²) < 4.78 is 1.34. The molecule has 0 fully saturated rings. The fourth-order valence-corrected chi connectivity index (χ4v) is 7.43. The quantitative estimate of drug-likeness (QED) is 0.198. The minimum absolute atomic E-state index is 0.398. The molecule has 2 nitrogen and oxygen atoms in total. The van der Waals surface area contributed by atoms with Crippen LogP contribution in [-0.2, 0) is 18.6 Å². The highest BCUT2D eigenvalue weighted by atomic mass is 32.2. The van der Waals surface area contributed by atoms with E-state index in [0.29, 0.717) is 5.92 Å². The molecule has 0 amide bonds. The van der Waals surface area contributed by atoms with Crippen molar-refractivity contribution in [3.63, 3.8) is 0 Å². The van der Waals surface area contributed by atoms with E-state index < -0.39 is 0 Å². The fraction of sp³-hybridized carbons (Fsp3) is 0.324. The average molecular weight is 543 g/mol. The van der Waals surface area contributed by atoms with Crippen molar-refractivity contribution in [3.8, 4) is 0 Å².